The number of hydrogen-bond donors (Lipinski definition) is 1. The number of H-pyrrole nitrogens is 1. The molecule has 1 heterocycles. The second-order valence-electron chi connectivity index (χ2n) is 5.19. The summed E-state index contributed by atoms with van der Waals surface area (Å²) in [6.07, 6.45) is 1.80. The molecule has 0 fully saturated rings. The highest BCUT2D eigenvalue weighted by Gasteiger charge is 2.21. The van der Waals surface area contributed by atoms with E-state index in [2.05, 4.69) is 4.98 Å². The summed E-state index contributed by atoms with van der Waals surface area (Å²) in [5, 5.41) is 1.30. The summed E-state index contributed by atoms with van der Waals surface area (Å²) in [5.74, 6) is -0.386. The number of aromatic amines is 1. The molecule has 0 unspecified atom stereocenters. The van der Waals surface area contributed by atoms with E-state index in [0.717, 1.165) is 22.3 Å². The summed E-state index contributed by atoms with van der Waals surface area (Å²) in [6, 6.07) is 14.8. The van der Waals surface area contributed by atoms with Crippen LogP contribution in [0.25, 0.3) is 22.3 Å². The topological polar surface area (TPSA) is 42.1 Å². The molecule has 0 atom stereocenters. The molecule has 0 radical (unpaired) electrons. The first-order valence-corrected chi connectivity index (χ1v) is 8.26. The highest BCUT2D eigenvalue weighted by atomic mass is 35.5. The lowest BCUT2D eigenvalue weighted by Crippen LogP contribution is -2.06. The molecule has 3 nitrogen and oxygen atoms in total. The number of rotatable bonds is 4. The first-order chi connectivity index (χ1) is 11.6. The summed E-state index contributed by atoms with van der Waals surface area (Å²) in [5.41, 5.74) is 3.94. The number of ether oxygens (including phenoxy) is 1. The van der Waals surface area contributed by atoms with Crippen molar-refractivity contribution in [1.29, 1.82) is 0 Å². The van der Waals surface area contributed by atoms with Crippen LogP contribution in [0, 0.1) is 0 Å². The molecule has 122 valence electrons. The van der Waals surface area contributed by atoms with E-state index >= 15 is 0 Å². The first kappa shape index (κ1) is 16.6. The number of carbonyl (C=O) groups is 1. The van der Waals surface area contributed by atoms with E-state index < -0.39 is 0 Å². The van der Waals surface area contributed by atoms with E-state index in [9.17, 15) is 4.79 Å². The van der Waals surface area contributed by atoms with Gasteiger partial charge in [-0.2, -0.15) is 0 Å². The van der Waals surface area contributed by atoms with Crippen molar-refractivity contribution in [3.05, 3.63) is 70.5 Å². The smallest absolute Gasteiger partial charge is 0.355 e. The average molecular weight is 360 g/mol. The van der Waals surface area contributed by atoms with Gasteiger partial charge in [0, 0.05) is 27.4 Å². The SMILES string of the molecule is CCOC(=O)c1[nH]cc(-c2ccc(Cl)cc2)c1-c1ccc(Cl)cc1. The molecule has 0 spiro atoms. The van der Waals surface area contributed by atoms with Crippen molar-refractivity contribution in [1.82, 2.24) is 4.98 Å². The molecule has 3 rings (SSSR count). The van der Waals surface area contributed by atoms with Crippen molar-refractivity contribution in [3.8, 4) is 22.3 Å². The van der Waals surface area contributed by atoms with Gasteiger partial charge in [0.2, 0.25) is 0 Å². The van der Waals surface area contributed by atoms with Gasteiger partial charge in [-0.3, -0.25) is 0 Å². The Kier molecular flexibility index (Phi) is 4.93. The van der Waals surface area contributed by atoms with Gasteiger partial charge < -0.3 is 9.72 Å². The van der Waals surface area contributed by atoms with Crippen LogP contribution in [0.5, 0.6) is 0 Å². The monoisotopic (exact) mass is 359 g/mol. The van der Waals surface area contributed by atoms with Gasteiger partial charge in [0.1, 0.15) is 5.69 Å². The van der Waals surface area contributed by atoms with Gasteiger partial charge in [0.25, 0.3) is 0 Å². The van der Waals surface area contributed by atoms with Gasteiger partial charge in [-0.1, -0.05) is 47.5 Å². The molecular formula is C19H15Cl2NO2. The highest BCUT2D eigenvalue weighted by Crippen LogP contribution is 2.36. The average Bonchev–Trinajstić information content (AvgIpc) is 3.01. The van der Waals surface area contributed by atoms with Crippen LogP contribution in [-0.2, 0) is 4.74 Å². The van der Waals surface area contributed by atoms with Crippen LogP contribution in [-0.4, -0.2) is 17.6 Å². The molecule has 0 amide bonds. The van der Waals surface area contributed by atoms with E-state index in [4.69, 9.17) is 27.9 Å². The van der Waals surface area contributed by atoms with Gasteiger partial charge in [-0.25, -0.2) is 4.79 Å². The number of nitrogens with one attached hydrogen (secondary N) is 1. The second-order valence-corrected chi connectivity index (χ2v) is 6.06. The highest BCUT2D eigenvalue weighted by molar-refractivity contribution is 6.31. The molecule has 0 aliphatic heterocycles. The quantitative estimate of drug-likeness (QED) is 0.595. The normalized spacial score (nSPS) is 10.6. The fourth-order valence-electron chi connectivity index (χ4n) is 2.56. The van der Waals surface area contributed by atoms with E-state index in [1.165, 1.54) is 0 Å². The molecule has 1 aromatic heterocycles. The van der Waals surface area contributed by atoms with E-state index in [1.807, 2.05) is 36.4 Å². The van der Waals surface area contributed by atoms with E-state index in [1.54, 1.807) is 25.3 Å². The Morgan fingerprint density at radius 2 is 1.50 bits per heavy atom. The lowest BCUT2D eigenvalue weighted by atomic mass is 9.97. The van der Waals surface area contributed by atoms with E-state index in [0.29, 0.717) is 22.3 Å². The van der Waals surface area contributed by atoms with Crippen LogP contribution >= 0.6 is 23.2 Å². The minimum atomic E-state index is -0.386. The maximum atomic E-state index is 12.3. The molecule has 2 aromatic carbocycles. The Balaban J connectivity index is 2.17. The maximum Gasteiger partial charge on any atom is 0.355 e. The molecule has 24 heavy (non-hydrogen) atoms. The van der Waals surface area contributed by atoms with Gasteiger partial charge in [-0.15, -0.1) is 0 Å². The van der Waals surface area contributed by atoms with Gasteiger partial charge in [-0.05, 0) is 42.3 Å². The Morgan fingerprint density at radius 1 is 0.958 bits per heavy atom. The lowest BCUT2D eigenvalue weighted by Gasteiger charge is -2.08. The van der Waals surface area contributed by atoms with E-state index in [-0.39, 0.29) is 5.97 Å². The molecule has 0 aliphatic rings. The Labute approximate surface area is 150 Å². The molecule has 3 aromatic rings. The van der Waals surface area contributed by atoms with Crippen molar-refractivity contribution >= 4 is 29.2 Å². The fourth-order valence-corrected chi connectivity index (χ4v) is 2.81. The second kappa shape index (κ2) is 7.12. The third-order valence-electron chi connectivity index (χ3n) is 3.65. The number of hydrogen-bond acceptors (Lipinski definition) is 2. The summed E-state index contributed by atoms with van der Waals surface area (Å²) in [6.45, 7) is 2.09. The molecule has 0 aliphatic carbocycles. The van der Waals surface area contributed by atoms with Crippen LogP contribution in [0.15, 0.2) is 54.7 Å². The zero-order valence-electron chi connectivity index (χ0n) is 13.0. The number of esters is 1. The largest absolute Gasteiger partial charge is 0.461 e. The Hall–Kier alpha value is -2.23. The van der Waals surface area contributed by atoms with Crippen molar-refractivity contribution in [2.75, 3.05) is 6.61 Å². The van der Waals surface area contributed by atoms with Crippen LogP contribution in [0.1, 0.15) is 17.4 Å². The standard InChI is InChI=1S/C19H15Cl2NO2/c1-2-24-19(23)18-17(13-5-9-15(21)10-6-13)16(11-22-18)12-3-7-14(20)8-4-12/h3-11,22H,2H2,1H3. The predicted octanol–water partition coefficient (Wildman–Crippen LogP) is 5.83. The van der Waals surface area contributed by atoms with Crippen molar-refractivity contribution in [2.45, 2.75) is 6.92 Å². The van der Waals surface area contributed by atoms with Gasteiger partial charge >= 0.3 is 5.97 Å². The number of aromatic nitrogens is 1. The molecule has 0 saturated carbocycles. The summed E-state index contributed by atoms with van der Waals surface area (Å²) >= 11 is 12.0. The molecule has 0 saturated heterocycles. The maximum absolute atomic E-state index is 12.3. The minimum absolute atomic E-state index is 0.314. The number of halogens is 2. The zero-order valence-corrected chi connectivity index (χ0v) is 14.5. The summed E-state index contributed by atoms with van der Waals surface area (Å²) in [7, 11) is 0. The molecule has 0 bridgehead atoms. The van der Waals surface area contributed by atoms with Crippen LogP contribution < -0.4 is 0 Å². The van der Waals surface area contributed by atoms with Crippen LogP contribution in [0.3, 0.4) is 0 Å². The molecule has 1 N–H and O–H groups in total. The fraction of sp³-hybridized carbons (Fsp3) is 0.105. The number of carbonyl (C=O) groups excluding carboxylic acids is 1. The van der Waals surface area contributed by atoms with Gasteiger partial charge in [0.05, 0.1) is 6.61 Å². The predicted molar refractivity (Wildman–Crippen MR) is 97.6 cm³/mol. The number of benzene rings is 2. The summed E-state index contributed by atoms with van der Waals surface area (Å²) < 4.78 is 5.16. The Morgan fingerprint density at radius 3 is 2.04 bits per heavy atom. The zero-order chi connectivity index (χ0) is 17.1. The van der Waals surface area contributed by atoms with Crippen LogP contribution in [0.2, 0.25) is 10.0 Å². The summed E-state index contributed by atoms with van der Waals surface area (Å²) in [4.78, 5) is 15.3. The molecule has 5 heteroatoms. The third kappa shape index (κ3) is 3.32. The first-order valence-electron chi connectivity index (χ1n) is 7.50. The lowest BCUT2D eigenvalue weighted by molar-refractivity contribution is 0.0521. The van der Waals surface area contributed by atoms with Crippen molar-refractivity contribution in [3.63, 3.8) is 0 Å². The van der Waals surface area contributed by atoms with Gasteiger partial charge in [0.15, 0.2) is 0 Å². The van der Waals surface area contributed by atoms with Crippen LogP contribution in [0.4, 0.5) is 0 Å². The van der Waals surface area contributed by atoms with Crippen molar-refractivity contribution < 1.29 is 9.53 Å². The minimum Gasteiger partial charge on any atom is -0.461 e. The molecular weight excluding hydrogens is 345 g/mol. The Bertz CT molecular complexity index is 852. The van der Waals surface area contributed by atoms with Crippen molar-refractivity contribution in [2.24, 2.45) is 0 Å². The third-order valence-corrected chi connectivity index (χ3v) is 4.15.